The molecule has 0 spiro atoms. The van der Waals surface area contributed by atoms with E-state index in [4.69, 9.17) is 19.9 Å². The van der Waals surface area contributed by atoms with E-state index in [0.717, 1.165) is 0 Å². The second-order valence-electron chi connectivity index (χ2n) is 3.95. The Balaban J connectivity index is 2.11. The Morgan fingerprint density at radius 1 is 1.38 bits per heavy atom. The molecule has 76 valence electrons. The minimum absolute atomic E-state index is 0.210. The fraction of sp³-hybridized carbons (Fsp3) is 1.00. The Bertz CT molecular complexity index is 208. The van der Waals surface area contributed by atoms with E-state index in [0.29, 0.717) is 0 Å². The summed E-state index contributed by atoms with van der Waals surface area (Å²) in [5.74, 6) is -0.670. The van der Waals surface area contributed by atoms with Gasteiger partial charge in [-0.1, -0.05) is 0 Å². The van der Waals surface area contributed by atoms with E-state index < -0.39 is 24.2 Å². The molecule has 2 saturated heterocycles. The summed E-state index contributed by atoms with van der Waals surface area (Å²) in [4.78, 5) is 0. The number of aliphatic hydroxyl groups excluding tert-OH is 1. The van der Waals surface area contributed by atoms with Crippen LogP contribution >= 0.6 is 0 Å². The number of fused-ring (bicyclic) bond motifs is 1. The first kappa shape index (κ1) is 9.36. The highest BCUT2D eigenvalue weighted by Crippen LogP contribution is 2.33. The maximum Gasteiger partial charge on any atom is 0.188 e. The summed E-state index contributed by atoms with van der Waals surface area (Å²) in [6.45, 7) is 3.81. The van der Waals surface area contributed by atoms with Crippen LogP contribution in [0.4, 0.5) is 0 Å². The van der Waals surface area contributed by atoms with Crippen molar-refractivity contribution in [3.63, 3.8) is 0 Å². The van der Waals surface area contributed by atoms with Crippen LogP contribution in [-0.2, 0) is 14.2 Å². The van der Waals surface area contributed by atoms with Crippen molar-refractivity contribution in [1.82, 2.24) is 0 Å². The zero-order valence-electron chi connectivity index (χ0n) is 7.77. The maximum atomic E-state index is 9.41. The van der Waals surface area contributed by atoms with Crippen LogP contribution in [0.15, 0.2) is 0 Å². The molecule has 0 radical (unpaired) electrons. The van der Waals surface area contributed by atoms with E-state index in [1.165, 1.54) is 0 Å². The predicted octanol–water partition coefficient (Wildman–Crippen LogP) is -0.818. The minimum Gasteiger partial charge on any atom is -0.389 e. The highest BCUT2D eigenvalue weighted by Gasteiger charge is 2.49. The van der Waals surface area contributed by atoms with Gasteiger partial charge >= 0.3 is 0 Å². The van der Waals surface area contributed by atoms with Crippen LogP contribution < -0.4 is 5.73 Å². The average Bonchev–Trinajstić information content (AvgIpc) is 2.34. The lowest BCUT2D eigenvalue weighted by Gasteiger charge is -2.32. The molecule has 2 aliphatic heterocycles. The van der Waals surface area contributed by atoms with E-state index in [-0.39, 0.29) is 12.7 Å². The van der Waals surface area contributed by atoms with Crippen LogP contribution in [0.5, 0.6) is 0 Å². The van der Waals surface area contributed by atoms with Gasteiger partial charge in [0, 0.05) is 0 Å². The molecule has 2 aliphatic rings. The first-order valence-electron chi connectivity index (χ1n) is 4.40. The Hall–Kier alpha value is -0.200. The molecule has 4 unspecified atom stereocenters. The zero-order valence-corrected chi connectivity index (χ0v) is 7.77. The van der Waals surface area contributed by atoms with Gasteiger partial charge in [-0.15, -0.1) is 0 Å². The standard InChI is InChI=1S/C8H15NO4/c1-8(2)12-6-5(9)4(10)3-11-7(6)13-8/h4-7,10H,3,9H2,1-2H3. The van der Waals surface area contributed by atoms with Gasteiger partial charge in [0.1, 0.15) is 6.10 Å². The Morgan fingerprint density at radius 3 is 2.77 bits per heavy atom. The van der Waals surface area contributed by atoms with Crippen molar-refractivity contribution in [3.8, 4) is 0 Å². The third-order valence-electron chi connectivity index (χ3n) is 2.34. The topological polar surface area (TPSA) is 73.9 Å². The fourth-order valence-electron chi connectivity index (χ4n) is 1.67. The largest absolute Gasteiger partial charge is 0.389 e. The molecule has 2 fully saturated rings. The molecule has 0 aromatic carbocycles. The number of rotatable bonds is 0. The smallest absolute Gasteiger partial charge is 0.188 e. The van der Waals surface area contributed by atoms with Crippen LogP contribution in [0.3, 0.4) is 0 Å². The van der Waals surface area contributed by atoms with Gasteiger partial charge in [-0.3, -0.25) is 0 Å². The first-order valence-corrected chi connectivity index (χ1v) is 4.40. The third kappa shape index (κ3) is 1.58. The van der Waals surface area contributed by atoms with Crippen molar-refractivity contribution in [1.29, 1.82) is 0 Å². The van der Waals surface area contributed by atoms with Crippen LogP contribution in [0, 0.1) is 0 Å². The number of ether oxygens (including phenoxy) is 3. The molecule has 0 aliphatic carbocycles. The molecule has 3 N–H and O–H groups in total. The van der Waals surface area contributed by atoms with E-state index in [1.807, 2.05) is 0 Å². The Kier molecular flexibility index (Phi) is 2.08. The van der Waals surface area contributed by atoms with E-state index in [9.17, 15) is 5.11 Å². The lowest BCUT2D eigenvalue weighted by molar-refractivity contribution is -0.202. The number of nitrogens with two attached hydrogens (primary N) is 1. The van der Waals surface area contributed by atoms with Gasteiger partial charge in [0.05, 0.1) is 18.8 Å². The van der Waals surface area contributed by atoms with Crippen molar-refractivity contribution in [2.45, 2.75) is 44.2 Å². The summed E-state index contributed by atoms with van der Waals surface area (Å²) in [6.07, 6.45) is -1.47. The molecule has 13 heavy (non-hydrogen) atoms. The monoisotopic (exact) mass is 189 g/mol. The molecule has 0 aromatic heterocycles. The number of hydrogen-bond donors (Lipinski definition) is 2. The zero-order chi connectivity index (χ0) is 9.64. The van der Waals surface area contributed by atoms with Gasteiger partial charge in [0.25, 0.3) is 0 Å². The van der Waals surface area contributed by atoms with Gasteiger partial charge in [-0.05, 0) is 13.8 Å². The second kappa shape index (κ2) is 2.90. The Labute approximate surface area is 76.8 Å². The molecule has 2 rings (SSSR count). The second-order valence-corrected chi connectivity index (χ2v) is 3.95. The van der Waals surface area contributed by atoms with Crippen molar-refractivity contribution < 1.29 is 19.3 Å². The highest BCUT2D eigenvalue weighted by atomic mass is 16.8. The summed E-state index contributed by atoms with van der Waals surface area (Å²) >= 11 is 0. The molecule has 0 aromatic rings. The third-order valence-corrected chi connectivity index (χ3v) is 2.34. The molecule has 4 atom stereocenters. The molecule has 2 heterocycles. The van der Waals surface area contributed by atoms with Crippen LogP contribution in [-0.4, -0.2) is 42.0 Å². The average molecular weight is 189 g/mol. The summed E-state index contributed by atoms with van der Waals surface area (Å²) < 4.78 is 16.2. The summed E-state index contributed by atoms with van der Waals surface area (Å²) in [5, 5.41) is 9.41. The van der Waals surface area contributed by atoms with E-state index in [2.05, 4.69) is 0 Å². The molecule has 0 bridgehead atoms. The quantitative estimate of drug-likeness (QED) is 0.521. The van der Waals surface area contributed by atoms with Gasteiger partial charge < -0.3 is 25.1 Å². The van der Waals surface area contributed by atoms with Gasteiger partial charge in [0.15, 0.2) is 12.1 Å². The maximum absolute atomic E-state index is 9.41. The van der Waals surface area contributed by atoms with Gasteiger partial charge in [0.2, 0.25) is 0 Å². The lowest BCUT2D eigenvalue weighted by Crippen LogP contribution is -2.56. The summed E-state index contributed by atoms with van der Waals surface area (Å²) in [5.41, 5.74) is 5.75. The molecule has 5 nitrogen and oxygen atoms in total. The highest BCUT2D eigenvalue weighted by molar-refractivity contribution is 4.91. The molecular formula is C8H15NO4. The van der Waals surface area contributed by atoms with Crippen molar-refractivity contribution in [2.24, 2.45) is 5.73 Å². The predicted molar refractivity (Wildman–Crippen MR) is 43.8 cm³/mol. The minimum atomic E-state index is -0.670. The SMILES string of the molecule is CC1(C)OC2OCC(O)C(N)C2O1. The summed E-state index contributed by atoms with van der Waals surface area (Å²) in [6, 6.07) is -0.430. The summed E-state index contributed by atoms with van der Waals surface area (Å²) in [7, 11) is 0. The van der Waals surface area contributed by atoms with Crippen LogP contribution in [0.2, 0.25) is 0 Å². The molecular weight excluding hydrogens is 174 g/mol. The lowest BCUT2D eigenvalue weighted by atomic mass is 10.0. The van der Waals surface area contributed by atoms with Crippen molar-refractivity contribution >= 4 is 0 Å². The van der Waals surface area contributed by atoms with E-state index >= 15 is 0 Å². The van der Waals surface area contributed by atoms with Gasteiger partial charge in [-0.25, -0.2) is 0 Å². The van der Waals surface area contributed by atoms with E-state index in [1.54, 1.807) is 13.8 Å². The van der Waals surface area contributed by atoms with Crippen molar-refractivity contribution in [2.75, 3.05) is 6.61 Å². The fourth-order valence-corrected chi connectivity index (χ4v) is 1.67. The van der Waals surface area contributed by atoms with Crippen LogP contribution in [0.1, 0.15) is 13.8 Å². The van der Waals surface area contributed by atoms with Crippen molar-refractivity contribution in [3.05, 3.63) is 0 Å². The number of hydrogen-bond acceptors (Lipinski definition) is 5. The Morgan fingerprint density at radius 2 is 2.08 bits per heavy atom. The molecule has 0 amide bonds. The number of aliphatic hydroxyl groups is 1. The van der Waals surface area contributed by atoms with Crippen LogP contribution in [0.25, 0.3) is 0 Å². The van der Waals surface area contributed by atoms with Gasteiger partial charge in [-0.2, -0.15) is 0 Å². The molecule has 5 heteroatoms. The normalized spacial score (nSPS) is 48.9. The first-order chi connectivity index (χ1) is 5.99. The molecule has 0 saturated carbocycles.